The summed E-state index contributed by atoms with van der Waals surface area (Å²) in [6.07, 6.45) is 1.49. The van der Waals surface area contributed by atoms with Crippen LogP contribution in [0.15, 0.2) is 81.1 Å². The fraction of sp³-hybridized carbons (Fsp3) is 0.0455. The molecular weight excluding hydrogens is 434 g/mol. The number of amides is 1. The number of hydrazone groups is 1. The van der Waals surface area contributed by atoms with Gasteiger partial charge >= 0.3 is 0 Å². The predicted octanol–water partition coefficient (Wildman–Crippen LogP) is 3.77. The summed E-state index contributed by atoms with van der Waals surface area (Å²) in [5.41, 5.74) is 4.56. The summed E-state index contributed by atoms with van der Waals surface area (Å²) >= 11 is 3.24. The number of rotatable bonds is 4. The van der Waals surface area contributed by atoms with Gasteiger partial charge in [0.2, 0.25) is 0 Å². The third-order valence-corrected chi connectivity index (χ3v) is 5.19. The number of phenolic OH excluding ortho intramolecular Hbond substituents is 1. The van der Waals surface area contributed by atoms with E-state index in [1.54, 1.807) is 24.3 Å². The lowest BCUT2D eigenvalue weighted by Crippen LogP contribution is -2.25. The number of hydrogen-bond acceptors (Lipinski definition) is 4. The van der Waals surface area contributed by atoms with E-state index in [-0.39, 0.29) is 23.6 Å². The molecule has 0 bridgehead atoms. The van der Waals surface area contributed by atoms with Gasteiger partial charge in [-0.15, -0.1) is 0 Å². The fourth-order valence-electron chi connectivity index (χ4n) is 3.21. The van der Waals surface area contributed by atoms with Gasteiger partial charge in [0.25, 0.3) is 5.91 Å². The number of aromatic nitrogens is 1. The Morgan fingerprint density at radius 3 is 2.28 bits per heavy atom. The Bertz CT molecular complexity index is 1270. The Labute approximate surface area is 174 Å². The summed E-state index contributed by atoms with van der Waals surface area (Å²) < 4.78 is 2.35. The minimum Gasteiger partial charge on any atom is -0.507 e. The van der Waals surface area contributed by atoms with E-state index < -0.39 is 0 Å². The molecule has 0 saturated heterocycles. The summed E-state index contributed by atoms with van der Waals surface area (Å²) in [5, 5.41) is 14.6. The van der Waals surface area contributed by atoms with E-state index in [1.165, 1.54) is 12.3 Å². The van der Waals surface area contributed by atoms with Crippen molar-refractivity contribution in [3.05, 3.63) is 87.0 Å². The van der Waals surface area contributed by atoms with Crippen LogP contribution in [0.3, 0.4) is 0 Å². The quantitative estimate of drug-likeness (QED) is 0.282. The summed E-state index contributed by atoms with van der Waals surface area (Å²) in [6, 6.07) is 19.4. The largest absolute Gasteiger partial charge is 0.507 e. The molecular formula is C22H16BrN3O3. The van der Waals surface area contributed by atoms with E-state index in [9.17, 15) is 14.7 Å². The first kappa shape index (κ1) is 18.9. The summed E-state index contributed by atoms with van der Waals surface area (Å²) in [6.45, 7) is 0.0118. The second-order valence-corrected chi connectivity index (χ2v) is 7.31. The first-order valence-electron chi connectivity index (χ1n) is 8.85. The second-order valence-electron chi connectivity index (χ2n) is 6.45. The molecule has 1 aromatic heterocycles. The molecule has 0 atom stereocenters. The molecule has 0 saturated carbocycles. The number of nitrogens with one attached hydrogen (secondary N) is 1. The third-order valence-electron chi connectivity index (χ3n) is 4.56. The SMILES string of the molecule is O=C(Cn1c2ccccc2c(=O)c2ccccc21)N/N=C/c1ccc(O)c(Br)c1. The maximum Gasteiger partial charge on any atom is 0.260 e. The maximum absolute atomic E-state index is 12.7. The summed E-state index contributed by atoms with van der Waals surface area (Å²) in [4.78, 5) is 25.3. The molecule has 4 rings (SSSR count). The van der Waals surface area contributed by atoms with E-state index in [0.717, 1.165) is 0 Å². The molecule has 29 heavy (non-hydrogen) atoms. The zero-order chi connectivity index (χ0) is 20.4. The Hall–Kier alpha value is -3.45. The van der Waals surface area contributed by atoms with Crippen molar-refractivity contribution in [3.63, 3.8) is 0 Å². The van der Waals surface area contributed by atoms with Gasteiger partial charge in [-0.05, 0) is 64.0 Å². The van der Waals surface area contributed by atoms with Gasteiger partial charge in [-0.25, -0.2) is 5.43 Å². The lowest BCUT2D eigenvalue weighted by molar-refractivity contribution is -0.121. The van der Waals surface area contributed by atoms with E-state index in [4.69, 9.17) is 0 Å². The molecule has 7 heteroatoms. The van der Waals surface area contributed by atoms with Gasteiger partial charge < -0.3 is 9.67 Å². The van der Waals surface area contributed by atoms with Gasteiger partial charge in [0.1, 0.15) is 12.3 Å². The highest BCUT2D eigenvalue weighted by Gasteiger charge is 2.12. The fourth-order valence-corrected chi connectivity index (χ4v) is 3.60. The number of pyridine rings is 1. The van der Waals surface area contributed by atoms with Gasteiger partial charge in [0.15, 0.2) is 5.43 Å². The Morgan fingerprint density at radius 1 is 1.03 bits per heavy atom. The minimum absolute atomic E-state index is 0.0118. The molecule has 0 spiro atoms. The molecule has 1 amide bonds. The van der Waals surface area contributed by atoms with Crippen molar-refractivity contribution < 1.29 is 9.90 Å². The Kier molecular flexibility index (Phi) is 5.14. The van der Waals surface area contributed by atoms with E-state index in [1.807, 2.05) is 41.0 Å². The number of halogens is 1. The van der Waals surface area contributed by atoms with Crippen LogP contribution in [0.5, 0.6) is 5.75 Å². The first-order valence-corrected chi connectivity index (χ1v) is 9.64. The van der Waals surface area contributed by atoms with Crippen molar-refractivity contribution in [2.75, 3.05) is 0 Å². The number of benzene rings is 3. The van der Waals surface area contributed by atoms with Crippen molar-refractivity contribution in [3.8, 4) is 5.75 Å². The number of phenols is 1. The average molecular weight is 450 g/mol. The third kappa shape index (κ3) is 3.77. The van der Waals surface area contributed by atoms with Crippen LogP contribution in [-0.4, -0.2) is 21.8 Å². The molecule has 0 aliphatic heterocycles. The lowest BCUT2D eigenvalue weighted by atomic mass is 10.1. The number of carbonyl (C=O) groups is 1. The van der Waals surface area contributed by atoms with Gasteiger partial charge in [-0.2, -0.15) is 5.10 Å². The number of hydrogen-bond donors (Lipinski definition) is 2. The highest BCUT2D eigenvalue weighted by molar-refractivity contribution is 9.10. The molecule has 144 valence electrons. The number of fused-ring (bicyclic) bond motifs is 2. The smallest absolute Gasteiger partial charge is 0.260 e. The standard InChI is InChI=1S/C22H16BrN3O3/c23-17-11-14(9-10-20(17)27)12-24-25-21(28)13-26-18-7-3-1-5-15(18)22(29)16-6-2-4-8-19(16)26/h1-12,27H,13H2,(H,25,28)/b24-12+. The monoisotopic (exact) mass is 449 g/mol. The molecule has 0 aliphatic rings. The average Bonchev–Trinajstić information content (AvgIpc) is 2.74. The van der Waals surface area contributed by atoms with Crippen molar-refractivity contribution in [1.29, 1.82) is 0 Å². The van der Waals surface area contributed by atoms with Crippen LogP contribution in [0.25, 0.3) is 21.8 Å². The van der Waals surface area contributed by atoms with Crippen molar-refractivity contribution in [1.82, 2.24) is 9.99 Å². The van der Waals surface area contributed by atoms with E-state index >= 15 is 0 Å². The normalized spacial score (nSPS) is 11.3. The van der Waals surface area contributed by atoms with Crippen LogP contribution >= 0.6 is 15.9 Å². The van der Waals surface area contributed by atoms with Crippen molar-refractivity contribution in [2.24, 2.45) is 5.10 Å². The van der Waals surface area contributed by atoms with Crippen LogP contribution in [0, 0.1) is 0 Å². The molecule has 0 radical (unpaired) electrons. The molecule has 0 fully saturated rings. The zero-order valence-electron chi connectivity index (χ0n) is 15.2. The number of nitrogens with zero attached hydrogens (tertiary/aromatic N) is 2. The van der Waals surface area contributed by atoms with E-state index in [0.29, 0.717) is 31.8 Å². The highest BCUT2D eigenvalue weighted by atomic mass is 79.9. The first-order chi connectivity index (χ1) is 14.0. The van der Waals surface area contributed by atoms with Gasteiger partial charge in [0.05, 0.1) is 21.7 Å². The molecule has 0 unspecified atom stereocenters. The molecule has 1 heterocycles. The zero-order valence-corrected chi connectivity index (χ0v) is 16.8. The summed E-state index contributed by atoms with van der Waals surface area (Å²) in [7, 11) is 0. The minimum atomic E-state index is -0.321. The maximum atomic E-state index is 12.7. The number of carbonyl (C=O) groups excluding carboxylic acids is 1. The molecule has 2 N–H and O–H groups in total. The lowest BCUT2D eigenvalue weighted by Gasteiger charge is -2.14. The van der Waals surface area contributed by atoms with Crippen LogP contribution < -0.4 is 10.9 Å². The van der Waals surface area contributed by atoms with Crippen molar-refractivity contribution in [2.45, 2.75) is 6.54 Å². The van der Waals surface area contributed by atoms with Gasteiger partial charge in [-0.3, -0.25) is 9.59 Å². The number of para-hydroxylation sites is 2. The molecule has 3 aromatic carbocycles. The summed E-state index contributed by atoms with van der Waals surface area (Å²) in [5.74, 6) is -0.193. The van der Waals surface area contributed by atoms with Gasteiger partial charge in [0, 0.05) is 10.8 Å². The predicted molar refractivity (Wildman–Crippen MR) is 117 cm³/mol. The van der Waals surface area contributed by atoms with Crippen LogP contribution in [0.1, 0.15) is 5.56 Å². The van der Waals surface area contributed by atoms with Crippen molar-refractivity contribution >= 4 is 49.9 Å². The van der Waals surface area contributed by atoms with Crippen LogP contribution in [-0.2, 0) is 11.3 Å². The van der Waals surface area contributed by atoms with Gasteiger partial charge in [-0.1, -0.05) is 24.3 Å². The molecule has 0 aliphatic carbocycles. The molecule has 6 nitrogen and oxygen atoms in total. The second kappa shape index (κ2) is 7.89. The topological polar surface area (TPSA) is 83.7 Å². The van der Waals surface area contributed by atoms with Crippen LogP contribution in [0.4, 0.5) is 0 Å². The van der Waals surface area contributed by atoms with Crippen LogP contribution in [0.2, 0.25) is 0 Å². The Balaban J connectivity index is 1.64. The highest BCUT2D eigenvalue weighted by Crippen LogP contribution is 2.23. The Morgan fingerprint density at radius 2 is 1.66 bits per heavy atom. The number of aromatic hydroxyl groups is 1. The van der Waals surface area contributed by atoms with E-state index in [2.05, 4.69) is 26.5 Å². The molecule has 4 aromatic rings.